The predicted molar refractivity (Wildman–Crippen MR) is 77.1 cm³/mol. The highest BCUT2D eigenvalue weighted by Crippen LogP contribution is 2.39. The largest absolute Gasteiger partial charge is 0.396 e. The summed E-state index contributed by atoms with van der Waals surface area (Å²) in [5.74, 6) is 0.329. The number of halogens is 1. The van der Waals surface area contributed by atoms with Crippen LogP contribution < -0.4 is 5.73 Å². The van der Waals surface area contributed by atoms with Crippen molar-refractivity contribution in [1.29, 1.82) is 0 Å². The van der Waals surface area contributed by atoms with E-state index in [0.717, 1.165) is 0 Å². The Labute approximate surface area is 123 Å². The van der Waals surface area contributed by atoms with Gasteiger partial charge in [0.1, 0.15) is 12.0 Å². The quantitative estimate of drug-likeness (QED) is 0.613. The summed E-state index contributed by atoms with van der Waals surface area (Å²) in [6, 6.07) is 0. The van der Waals surface area contributed by atoms with Gasteiger partial charge in [0.2, 0.25) is 0 Å². The lowest BCUT2D eigenvalue weighted by atomic mass is 9.95. The van der Waals surface area contributed by atoms with Crippen molar-refractivity contribution >= 4 is 5.84 Å². The Morgan fingerprint density at radius 1 is 1.71 bits per heavy atom. The average Bonchev–Trinajstić information content (AvgIpc) is 2.97. The summed E-state index contributed by atoms with van der Waals surface area (Å²) >= 11 is 0. The van der Waals surface area contributed by atoms with Crippen molar-refractivity contribution in [3.8, 4) is 0 Å². The van der Waals surface area contributed by atoms with Crippen LogP contribution in [0, 0.1) is 0 Å². The van der Waals surface area contributed by atoms with Crippen LogP contribution in [-0.4, -0.2) is 58.3 Å². The molecular weight excluding hydrogens is 277 g/mol. The second-order valence-corrected chi connectivity index (χ2v) is 5.20. The van der Waals surface area contributed by atoms with Crippen LogP contribution in [0.2, 0.25) is 0 Å². The third-order valence-corrected chi connectivity index (χ3v) is 3.85. The van der Waals surface area contributed by atoms with Crippen molar-refractivity contribution in [2.75, 3.05) is 13.2 Å². The third-order valence-electron chi connectivity index (χ3n) is 3.85. The van der Waals surface area contributed by atoms with Crippen LogP contribution in [0.1, 0.15) is 19.3 Å². The summed E-state index contributed by atoms with van der Waals surface area (Å²) in [5.41, 5.74) is 4.35. The molecule has 0 amide bonds. The second kappa shape index (κ2) is 6.55. The van der Waals surface area contributed by atoms with Crippen molar-refractivity contribution in [3.63, 3.8) is 0 Å². The van der Waals surface area contributed by atoms with Crippen LogP contribution in [-0.2, 0) is 4.74 Å². The molecule has 7 heteroatoms. The number of hydrogen-bond donors (Lipinski definition) is 3. The Bertz CT molecular complexity index is 435. The third kappa shape index (κ3) is 2.95. The predicted octanol–water partition coefficient (Wildman–Crippen LogP) is 0.273. The summed E-state index contributed by atoms with van der Waals surface area (Å²) in [5, 5.41) is 18.8. The molecule has 0 aromatic heterocycles. The van der Waals surface area contributed by atoms with Gasteiger partial charge in [-0.15, -0.1) is 0 Å². The van der Waals surface area contributed by atoms with Gasteiger partial charge in [0.05, 0.1) is 6.10 Å². The molecule has 1 saturated heterocycles. The molecule has 0 bridgehead atoms. The van der Waals surface area contributed by atoms with E-state index in [1.165, 1.54) is 0 Å². The molecule has 4 N–H and O–H groups in total. The number of aliphatic imine (C=N–C) groups is 1. The molecule has 118 valence electrons. The van der Waals surface area contributed by atoms with Crippen molar-refractivity contribution in [2.45, 2.75) is 43.4 Å². The molecule has 6 nitrogen and oxygen atoms in total. The van der Waals surface area contributed by atoms with E-state index in [1.54, 1.807) is 23.3 Å². The first-order valence-corrected chi connectivity index (χ1v) is 7.04. The first-order chi connectivity index (χ1) is 10.0. The van der Waals surface area contributed by atoms with Crippen LogP contribution >= 0.6 is 0 Å². The van der Waals surface area contributed by atoms with E-state index in [-0.39, 0.29) is 13.0 Å². The average molecular weight is 299 g/mol. The normalized spacial score (nSPS) is 31.9. The fourth-order valence-electron chi connectivity index (χ4n) is 2.81. The Hall–Kier alpha value is -1.44. The number of rotatable bonds is 6. The molecule has 0 saturated carbocycles. The molecule has 2 heterocycles. The zero-order valence-electron chi connectivity index (χ0n) is 11.9. The number of nitrogens with zero attached hydrogens (tertiary/aromatic N) is 2. The molecule has 2 aliphatic heterocycles. The highest BCUT2D eigenvalue weighted by molar-refractivity contribution is 5.92. The van der Waals surface area contributed by atoms with Crippen molar-refractivity contribution in [1.82, 2.24) is 4.90 Å². The molecule has 3 unspecified atom stereocenters. The van der Waals surface area contributed by atoms with Crippen LogP contribution in [0.15, 0.2) is 29.9 Å². The summed E-state index contributed by atoms with van der Waals surface area (Å²) in [7, 11) is 0. The van der Waals surface area contributed by atoms with Crippen LogP contribution in [0.5, 0.6) is 0 Å². The molecule has 0 aromatic carbocycles. The lowest BCUT2D eigenvalue weighted by molar-refractivity contribution is -0.182. The van der Waals surface area contributed by atoms with E-state index < -0.39 is 24.2 Å². The van der Waals surface area contributed by atoms with Crippen molar-refractivity contribution in [2.24, 2.45) is 10.7 Å². The number of ether oxygens (including phenoxy) is 1. The maximum Gasteiger partial charge on any atom is 0.176 e. The number of amidine groups is 1. The van der Waals surface area contributed by atoms with Gasteiger partial charge in [0, 0.05) is 25.8 Å². The van der Waals surface area contributed by atoms with E-state index in [0.29, 0.717) is 25.3 Å². The first kappa shape index (κ1) is 15.9. The summed E-state index contributed by atoms with van der Waals surface area (Å²) in [4.78, 5) is 5.80. The van der Waals surface area contributed by atoms with E-state index >= 15 is 0 Å². The maximum atomic E-state index is 14.9. The van der Waals surface area contributed by atoms with Crippen molar-refractivity contribution < 1.29 is 19.3 Å². The SMILES string of the molecule is C=CC1N=C(N)C=CN1[C@]1(C(F)C(O)CCO)CCCO1. The van der Waals surface area contributed by atoms with E-state index in [4.69, 9.17) is 15.6 Å². The minimum Gasteiger partial charge on any atom is -0.396 e. The summed E-state index contributed by atoms with van der Waals surface area (Å²) < 4.78 is 20.5. The van der Waals surface area contributed by atoms with Gasteiger partial charge >= 0.3 is 0 Å². The van der Waals surface area contributed by atoms with Gasteiger partial charge in [-0.05, 0) is 25.0 Å². The van der Waals surface area contributed by atoms with Gasteiger partial charge in [-0.2, -0.15) is 0 Å². The minimum absolute atomic E-state index is 0.0476. The zero-order chi connectivity index (χ0) is 15.5. The van der Waals surface area contributed by atoms with E-state index in [2.05, 4.69) is 11.6 Å². The van der Waals surface area contributed by atoms with Gasteiger partial charge in [-0.25, -0.2) is 9.38 Å². The number of alkyl halides is 1. The Morgan fingerprint density at radius 3 is 3.05 bits per heavy atom. The summed E-state index contributed by atoms with van der Waals surface area (Å²) in [6.07, 6.45) is 2.25. The first-order valence-electron chi connectivity index (χ1n) is 7.04. The molecule has 21 heavy (non-hydrogen) atoms. The Balaban J connectivity index is 2.29. The fraction of sp³-hybridized carbons (Fsp3) is 0.643. The molecule has 1 fully saturated rings. The number of nitrogens with two attached hydrogens (primary N) is 1. The highest BCUT2D eigenvalue weighted by atomic mass is 19.1. The maximum absolute atomic E-state index is 14.9. The zero-order valence-corrected chi connectivity index (χ0v) is 11.9. The number of aliphatic hydroxyl groups is 2. The summed E-state index contributed by atoms with van der Waals surface area (Å²) in [6.45, 7) is 3.81. The van der Waals surface area contributed by atoms with Gasteiger partial charge in [0.15, 0.2) is 11.9 Å². The monoisotopic (exact) mass is 299 g/mol. The Kier molecular flexibility index (Phi) is 4.97. The van der Waals surface area contributed by atoms with Crippen LogP contribution in [0.3, 0.4) is 0 Å². The molecule has 2 aliphatic rings. The lowest BCUT2D eigenvalue weighted by Crippen LogP contribution is -2.59. The molecular formula is C14H22FN3O3. The smallest absolute Gasteiger partial charge is 0.176 e. The van der Waals surface area contributed by atoms with Crippen LogP contribution in [0.4, 0.5) is 4.39 Å². The van der Waals surface area contributed by atoms with E-state index in [9.17, 15) is 9.50 Å². The molecule has 0 spiro atoms. The molecule has 0 aromatic rings. The van der Waals surface area contributed by atoms with Gasteiger partial charge in [0.25, 0.3) is 0 Å². The minimum atomic E-state index is -1.67. The number of aliphatic hydroxyl groups excluding tert-OH is 2. The van der Waals surface area contributed by atoms with E-state index in [1.807, 2.05) is 0 Å². The van der Waals surface area contributed by atoms with Crippen LogP contribution in [0.25, 0.3) is 0 Å². The second-order valence-electron chi connectivity index (χ2n) is 5.20. The molecule has 2 rings (SSSR count). The highest BCUT2D eigenvalue weighted by Gasteiger charge is 2.52. The Morgan fingerprint density at radius 2 is 2.48 bits per heavy atom. The fourth-order valence-corrected chi connectivity index (χ4v) is 2.81. The molecule has 0 aliphatic carbocycles. The van der Waals surface area contributed by atoms with Gasteiger partial charge in [-0.1, -0.05) is 6.58 Å². The lowest BCUT2D eigenvalue weighted by Gasteiger charge is -2.46. The molecule has 4 atom stereocenters. The standard InChI is InChI=1S/C14H22FN3O3/c1-2-12-17-11(16)4-7-18(12)14(6-3-9-21-14)13(15)10(20)5-8-19/h2,4,7,10,12-13,19-20H,1,3,5-6,8-9H2,(H2,16,17)/t10?,12?,13?,14-/m1/s1. The molecule has 0 radical (unpaired) electrons. The van der Waals surface area contributed by atoms with Crippen molar-refractivity contribution in [3.05, 3.63) is 24.9 Å². The van der Waals surface area contributed by atoms with Gasteiger partial charge < -0.3 is 25.6 Å². The topological polar surface area (TPSA) is 91.3 Å². The number of hydrogen-bond acceptors (Lipinski definition) is 6. The van der Waals surface area contributed by atoms with Gasteiger partial charge in [-0.3, -0.25) is 0 Å².